The highest BCUT2D eigenvalue weighted by atomic mass is 16.7. The molecule has 66 valence electrons. The molecule has 4 heteroatoms. The molecule has 4 unspecified atom stereocenters. The molecule has 0 aliphatic carbocycles. The van der Waals surface area contributed by atoms with Crippen LogP contribution in [0.3, 0.4) is 0 Å². The van der Waals surface area contributed by atoms with Crippen LogP contribution in [0.2, 0.25) is 0 Å². The minimum Gasteiger partial charge on any atom is -0.391 e. The Kier molecular flexibility index (Phi) is 2.84. The van der Waals surface area contributed by atoms with Crippen LogP contribution in [0, 0.1) is 0 Å². The van der Waals surface area contributed by atoms with Gasteiger partial charge in [-0.25, -0.2) is 0 Å². The normalized spacial score (nSPS) is 37.1. The van der Waals surface area contributed by atoms with Gasteiger partial charge in [0, 0.05) is 0 Å². The molecule has 2 N–H and O–H groups in total. The molecule has 0 amide bonds. The minimum atomic E-state index is -0.600. The monoisotopic (exact) mass is 162 g/mol. The van der Waals surface area contributed by atoms with Crippen LogP contribution in [0.1, 0.15) is 13.8 Å². The highest BCUT2D eigenvalue weighted by Gasteiger charge is 2.35. The molecule has 1 fully saturated rings. The van der Waals surface area contributed by atoms with Gasteiger partial charge in [0.25, 0.3) is 0 Å². The molecule has 1 rings (SSSR count). The van der Waals surface area contributed by atoms with E-state index in [1.165, 1.54) is 0 Å². The Balaban J connectivity index is 2.51. The first kappa shape index (κ1) is 8.93. The Morgan fingerprint density at radius 2 is 1.45 bits per heavy atom. The molecule has 1 saturated heterocycles. The number of hydrogen-bond acceptors (Lipinski definition) is 4. The van der Waals surface area contributed by atoms with E-state index in [0.717, 1.165) is 0 Å². The molecule has 11 heavy (non-hydrogen) atoms. The molecule has 0 saturated carbocycles. The van der Waals surface area contributed by atoms with Crippen LogP contribution in [0.4, 0.5) is 0 Å². The van der Waals surface area contributed by atoms with Crippen LogP contribution in [0.5, 0.6) is 0 Å². The van der Waals surface area contributed by atoms with E-state index < -0.39 is 24.4 Å². The largest absolute Gasteiger partial charge is 0.391 e. The summed E-state index contributed by atoms with van der Waals surface area (Å²) in [7, 11) is 0. The topological polar surface area (TPSA) is 58.9 Å². The van der Waals surface area contributed by atoms with Crippen LogP contribution in [0.25, 0.3) is 0 Å². The number of aliphatic hydroxyl groups excluding tert-OH is 2. The molecule has 1 heterocycles. The molecule has 0 spiro atoms. The van der Waals surface area contributed by atoms with Gasteiger partial charge in [0.1, 0.15) is 19.0 Å². The minimum absolute atomic E-state index is 0.158. The number of hydrogen-bond donors (Lipinski definition) is 2. The second kappa shape index (κ2) is 3.49. The Bertz CT molecular complexity index is 110. The molecular formula is C7H14O4. The summed E-state index contributed by atoms with van der Waals surface area (Å²) in [5.74, 6) is 0. The summed E-state index contributed by atoms with van der Waals surface area (Å²) >= 11 is 0. The first-order valence-corrected chi connectivity index (χ1v) is 3.72. The van der Waals surface area contributed by atoms with Crippen molar-refractivity contribution >= 4 is 0 Å². The maximum Gasteiger partial charge on any atom is 0.148 e. The molecule has 4 atom stereocenters. The molecule has 1 aliphatic heterocycles. The third-order valence-corrected chi connectivity index (χ3v) is 1.80. The van der Waals surface area contributed by atoms with E-state index >= 15 is 0 Å². The van der Waals surface area contributed by atoms with Gasteiger partial charge in [-0.05, 0) is 13.8 Å². The standard InChI is InChI=1S/C7H14O4/c1-4(8)6-7(5(2)9)11-3-10-6/h4-9H,3H2,1-2H3. The van der Waals surface area contributed by atoms with Crippen LogP contribution in [0.15, 0.2) is 0 Å². The highest BCUT2D eigenvalue weighted by Crippen LogP contribution is 2.18. The van der Waals surface area contributed by atoms with Gasteiger partial charge >= 0.3 is 0 Å². The zero-order valence-corrected chi connectivity index (χ0v) is 6.73. The summed E-state index contributed by atoms with van der Waals surface area (Å²) in [6.07, 6.45) is -1.99. The molecule has 1 aliphatic rings. The summed E-state index contributed by atoms with van der Waals surface area (Å²) < 4.78 is 10.1. The fourth-order valence-corrected chi connectivity index (χ4v) is 1.21. The zero-order valence-electron chi connectivity index (χ0n) is 6.73. The lowest BCUT2D eigenvalue weighted by molar-refractivity contribution is -0.0216. The van der Waals surface area contributed by atoms with E-state index in [-0.39, 0.29) is 6.79 Å². The van der Waals surface area contributed by atoms with Crippen LogP contribution >= 0.6 is 0 Å². The average Bonchev–Trinajstić information content (AvgIpc) is 2.32. The summed E-state index contributed by atoms with van der Waals surface area (Å²) in [6, 6.07) is 0. The van der Waals surface area contributed by atoms with Gasteiger partial charge in [-0.1, -0.05) is 0 Å². The van der Waals surface area contributed by atoms with Crippen LogP contribution in [-0.2, 0) is 9.47 Å². The molecular weight excluding hydrogens is 148 g/mol. The maximum atomic E-state index is 9.16. The van der Waals surface area contributed by atoms with Gasteiger partial charge in [0.2, 0.25) is 0 Å². The van der Waals surface area contributed by atoms with Crippen molar-refractivity contribution in [1.82, 2.24) is 0 Å². The highest BCUT2D eigenvalue weighted by molar-refractivity contribution is 4.82. The first-order chi connectivity index (χ1) is 5.13. The van der Waals surface area contributed by atoms with E-state index in [4.69, 9.17) is 19.7 Å². The maximum absolute atomic E-state index is 9.16. The van der Waals surface area contributed by atoms with Crippen molar-refractivity contribution in [2.24, 2.45) is 0 Å². The summed E-state index contributed by atoms with van der Waals surface area (Å²) in [5, 5.41) is 18.3. The summed E-state index contributed by atoms with van der Waals surface area (Å²) in [6.45, 7) is 3.40. The van der Waals surface area contributed by atoms with Gasteiger partial charge in [-0.2, -0.15) is 0 Å². The fraction of sp³-hybridized carbons (Fsp3) is 1.00. The van der Waals surface area contributed by atoms with Crippen LogP contribution in [-0.4, -0.2) is 41.4 Å². The Hall–Kier alpha value is -0.160. The van der Waals surface area contributed by atoms with Crippen LogP contribution < -0.4 is 0 Å². The lowest BCUT2D eigenvalue weighted by Gasteiger charge is -2.21. The van der Waals surface area contributed by atoms with Crippen molar-refractivity contribution in [3.8, 4) is 0 Å². The first-order valence-electron chi connectivity index (χ1n) is 3.72. The average molecular weight is 162 g/mol. The molecule has 0 bridgehead atoms. The Morgan fingerprint density at radius 3 is 1.73 bits per heavy atom. The van der Waals surface area contributed by atoms with Crippen molar-refractivity contribution in [1.29, 1.82) is 0 Å². The lowest BCUT2D eigenvalue weighted by Crippen LogP contribution is -2.39. The van der Waals surface area contributed by atoms with Crippen molar-refractivity contribution in [2.75, 3.05) is 6.79 Å². The molecule has 0 radical (unpaired) electrons. The second-order valence-corrected chi connectivity index (χ2v) is 2.86. The summed E-state index contributed by atoms with van der Waals surface area (Å²) in [4.78, 5) is 0. The molecule has 0 aromatic heterocycles. The third kappa shape index (κ3) is 1.90. The molecule has 0 aromatic carbocycles. The van der Waals surface area contributed by atoms with E-state index in [9.17, 15) is 0 Å². The Labute approximate surface area is 65.7 Å². The Morgan fingerprint density at radius 1 is 1.09 bits per heavy atom. The van der Waals surface area contributed by atoms with Crippen molar-refractivity contribution in [2.45, 2.75) is 38.3 Å². The molecule has 4 nitrogen and oxygen atoms in total. The predicted octanol–water partition coefficient (Wildman–Crippen LogP) is -0.510. The number of ether oxygens (including phenoxy) is 2. The predicted molar refractivity (Wildman–Crippen MR) is 38.0 cm³/mol. The number of rotatable bonds is 2. The van der Waals surface area contributed by atoms with Crippen molar-refractivity contribution in [3.63, 3.8) is 0 Å². The second-order valence-electron chi connectivity index (χ2n) is 2.86. The SMILES string of the molecule is CC(O)C1OCOC1C(C)O. The van der Waals surface area contributed by atoms with Gasteiger partial charge in [0.15, 0.2) is 0 Å². The fourth-order valence-electron chi connectivity index (χ4n) is 1.21. The van der Waals surface area contributed by atoms with Gasteiger partial charge in [-0.15, -0.1) is 0 Å². The van der Waals surface area contributed by atoms with E-state index in [2.05, 4.69) is 0 Å². The van der Waals surface area contributed by atoms with Gasteiger partial charge < -0.3 is 19.7 Å². The lowest BCUT2D eigenvalue weighted by atomic mass is 10.1. The van der Waals surface area contributed by atoms with E-state index in [1.807, 2.05) is 0 Å². The quantitative estimate of drug-likeness (QED) is 0.574. The van der Waals surface area contributed by atoms with Crippen molar-refractivity contribution < 1.29 is 19.7 Å². The summed E-state index contributed by atoms with van der Waals surface area (Å²) in [5.41, 5.74) is 0. The van der Waals surface area contributed by atoms with E-state index in [0.29, 0.717) is 0 Å². The van der Waals surface area contributed by atoms with Crippen molar-refractivity contribution in [3.05, 3.63) is 0 Å². The van der Waals surface area contributed by atoms with E-state index in [1.54, 1.807) is 13.8 Å². The third-order valence-electron chi connectivity index (χ3n) is 1.80. The number of aliphatic hydroxyl groups is 2. The smallest absolute Gasteiger partial charge is 0.148 e. The van der Waals surface area contributed by atoms with Gasteiger partial charge in [0.05, 0.1) is 12.2 Å². The zero-order chi connectivity index (χ0) is 8.43. The molecule has 0 aromatic rings. The van der Waals surface area contributed by atoms with Gasteiger partial charge in [-0.3, -0.25) is 0 Å².